The summed E-state index contributed by atoms with van der Waals surface area (Å²) in [4.78, 5) is 13.5. The summed E-state index contributed by atoms with van der Waals surface area (Å²) < 4.78 is 0. The zero-order valence-electron chi connectivity index (χ0n) is 12.9. The van der Waals surface area contributed by atoms with Gasteiger partial charge in [-0.1, -0.05) is 50.2 Å². The molecule has 0 unspecified atom stereocenters. The summed E-state index contributed by atoms with van der Waals surface area (Å²) in [6.07, 6.45) is 1.02. The summed E-state index contributed by atoms with van der Waals surface area (Å²) in [7, 11) is 0. The Bertz CT molecular complexity index is 616. The van der Waals surface area contributed by atoms with Crippen LogP contribution in [-0.4, -0.2) is 11.5 Å². The SMILES string of the molecule is Cc1ccccc1SCC(=O)c1cccc(CC(C)C)c1. The molecule has 1 nitrogen and oxygen atoms in total. The first-order chi connectivity index (χ1) is 10.1. The van der Waals surface area contributed by atoms with Gasteiger partial charge in [0.05, 0.1) is 5.75 Å². The Morgan fingerprint density at radius 3 is 2.57 bits per heavy atom. The first kappa shape index (κ1) is 15.8. The van der Waals surface area contributed by atoms with E-state index in [-0.39, 0.29) is 5.78 Å². The van der Waals surface area contributed by atoms with Crippen molar-refractivity contribution in [1.82, 2.24) is 0 Å². The number of aryl methyl sites for hydroxylation is 1. The van der Waals surface area contributed by atoms with Crippen LogP contribution in [0.15, 0.2) is 53.4 Å². The smallest absolute Gasteiger partial charge is 0.173 e. The van der Waals surface area contributed by atoms with Gasteiger partial charge < -0.3 is 0 Å². The zero-order chi connectivity index (χ0) is 15.2. The second-order valence-corrected chi connectivity index (χ2v) is 6.79. The molecule has 21 heavy (non-hydrogen) atoms. The molecule has 0 aliphatic carbocycles. The molecule has 0 aliphatic rings. The van der Waals surface area contributed by atoms with Gasteiger partial charge in [0.1, 0.15) is 0 Å². The van der Waals surface area contributed by atoms with Crippen LogP contribution in [-0.2, 0) is 6.42 Å². The highest BCUT2D eigenvalue weighted by atomic mass is 32.2. The van der Waals surface area contributed by atoms with Crippen LogP contribution in [0.4, 0.5) is 0 Å². The Morgan fingerprint density at radius 1 is 1.10 bits per heavy atom. The Hall–Kier alpha value is -1.54. The van der Waals surface area contributed by atoms with Gasteiger partial charge in [0.2, 0.25) is 0 Å². The molecule has 0 saturated heterocycles. The molecule has 2 aromatic carbocycles. The third kappa shape index (κ3) is 4.75. The van der Waals surface area contributed by atoms with Gasteiger partial charge in [0.25, 0.3) is 0 Å². The van der Waals surface area contributed by atoms with Gasteiger partial charge in [-0.25, -0.2) is 0 Å². The van der Waals surface area contributed by atoms with Gasteiger partial charge in [0.15, 0.2) is 5.78 Å². The number of thioether (sulfide) groups is 1. The number of ketones is 1. The highest BCUT2D eigenvalue weighted by molar-refractivity contribution is 8.00. The van der Waals surface area contributed by atoms with E-state index in [0.29, 0.717) is 11.7 Å². The standard InChI is InChI=1S/C19H22OS/c1-14(2)11-16-8-6-9-17(12-16)18(20)13-21-19-10-5-4-7-15(19)3/h4-10,12,14H,11,13H2,1-3H3. The highest BCUT2D eigenvalue weighted by Crippen LogP contribution is 2.23. The summed E-state index contributed by atoms with van der Waals surface area (Å²) in [5.41, 5.74) is 3.30. The van der Waals surface area contributed by atoms with Crippen LogP contribution < -0.4 is 0 Å². The Kier molecular flexibility index (Phi) is 5.63. The molecule has 2 aromatic rings. The van der Waals surface area contributed by atoms with Gasteiger partial charge in [-0.2, -0.15) is 0 Å². The zero-order valence-corrected chi connectivity index (χ0v) is 13.7. The van der Waals surface area contributed by atoms with Crippen molar-refractivity contribution in [2.24, 2.45) is 5.92 Å². The molecule has 2 heteroatoms. The number of carbonyl (C=O) groups is 1. The molecule has 0 heterocycles. The quantitative estimate of drug-likeness (QED) is 0.540. The van der Waals surface area contributed by atoms with Crippen molar-refractivity contribution in [2.75, 3.05) is 5.75 Å². The van der Waals surface area contributed by atoms with E-state index in [9.17, 15) is 4.79 Å². The molecule has 0 radical (unpaired) electrons. The summed E-state index contributed by atoms with van der Waals surface area (Å²) in [5.74, 6) is 1.31. The van der Waals surface area contributed by atoms with Crippen LogP contribution in [0.2, 0.25) is 0 Å². The van der Waals surface area contributed by atoms with Crippen LogP contribution in [0.1, 0.15) is 35.3 Å². The van der Waals surface area contributed by atoms with E-state index in [1.54, 1.807) is 11.8 Å². The molecular weight excluding hydrogens is 276 g/mol. The number of carbonyl (C=O) groups excluding carboxylic acids is 1. The van der Waals surface area contributed by atoms with Gasteiger partial charge in [-0.3, -0.25) is 4.79 Å². The minimum absolute atomic E-state index is 0.203. The average molecular weight is 298 g/mol. The Balaban J connectivity index is 2.02. The fourth-order valence-corrected chi connectivity index (χ4v) is 3.21. The number of hydrogen-bond donors (Lipinski definition) is 0. The van der Waals surface area contributed by atoms with Gasteiger partial charge in [-0.05, 0) is 42.5 Å². The van der Waals surface area contributed by atoms with Gasteiger partial charge >= 0.3 is 0 Å². The van der Waals surface area contributed by atoms with E-state index < -0.39 is 0 Å². The van der Waals surface area contributed by atoms with Crippen molar-refractivity contribution in [2.45, 2.75) is 32.1 Å². The molecule has 0 aliphatic heterocycles. The molecule has 0 amide bonds. The van der Waals surface area contributed by atoms with Crippen molar-refractivity contribution in [3.8, 4) is 0 Å². The summed E-state index contributed by atoms with van der Waals surface area (Å²) in [5, 5.41) is 0. The molecule has 2 rings (SSSR count). The maximum Gasteiger partial charge on any atom is 0.173 e. The normalized spacial score (nSPS) is 10.9. The van der Waals surface area contributed by atoms with Crippen molar-refractivity contribution in [3.63, 3.8) is 0 Å². The maximum atomic E-state index is 12.3. The topological polar surface area (TPSA) is 17.1 Å². The second-order valence-electron chi connectivity index (χ2n) is 5.78. The van der Waals surface area contributed by atoms with Crippen molar-refractivity contribution < 1.29 is 4.79 Å². The van der Waals surface area contributed by atoms with E-state index in [4.69, 9.17) is 0 Å². The minimum atomic E-state index is 0.203. The lowest BCUT2D eigenvalue weighted by molar-refractivity contribution is 0.102. The monoisotopic (exact) mass is 298 g/mol. The predicted molar refractivity (Wildman–Crippen MR) is 91.2 cm³/mol. The molecule has 0 saturated carbocycles. The van der Waals surface area contributed by atoms with Crippen LogP contribution in [0.3, 0.4) is 0 Å². The summed E-state index contributed by atoms with van der Waals surface area (Å²) in [6, 6.07) is 16.2. The number of Topliss-reactive ketones (excluding diaryl/α,β-unsaturated/α-hetero) is 1. The third-order valence-electron chi connectivity index (χ3n) is 3.35. The molecule has 0 N–H and O–H groups in total. The van der Waals surface area contributed by atoms with E-state index in [0.717, 1.165) is 12.0 Å². The largest absolute Gasteiger partial charge is 0.293 e. The van der Waals surface area contributed by atoms with Crippen molar-refractivity contribution >= 4 is 17.5 Å². The molecule has 0 aromatic heterocycles. The highest BCUT2D eigenvalue weighted by Gasteiger charge is 2.09. The van der Waals surface area contributed by atoms with Gasteiger partial charge in [0, 0.05) is 10.5 Å². The minimum Gasteiger partial charge on any atom is -0.293 e. The molecule has 0 bridgehead atoms. The van der Waals surface area contributed by atoms with E-state index >= 15 is 0 Å². The maximum absolute atomic E-state index is 12.3. The van der Waals surface area contributed by atoms with Crippen LogP contribution in [0.25, 0.3) is 0 Å². The van der Waals surface area contributed by atoms with E-state index in [2.05, 4.69) is 39.0 Å². The molecule has 0 atom stereocenters. The lowest BCUT2D eigenvalue weighted by atomic mass is 10.00. The number of hydrogen-bond acceptors (Lipinski definition) is 2. The van der Waals surface area contributed by atoms with Crippen LogP contribution in [0.5, 0.6) is 0 Å². The first-order valence-corrected chi connectivity index (χ1v) is 8.35. The predicted octanol–water partition coefficient (Wildman–Crippen LogP) is 5.17. The molecule has 0 fully saturated rings. The average Bonchev–Trinajstić information content (AvgIpc) is 2.45. The fourth-order valence-electron chi connectivity index (χ4n) is 2.29. The Morgan fingerprint density at radius 2 is 1.86 bits per heavy atom. The van der Waals surface area contributed by atoms with E-state index in [1.165, 1.54) is 16.0 Å². The van der Waals surface area contributed by atoms with Crippen LogP contribution in [0, 0.1) is 12.8 Å². The number of benzene rings is 2. The van der Waals surface area contributed by atoms with Crippen molar-refractivity contribution in [1.29, 1.82) is 0 Å². The summed E-state index contributed by atoms with van der Waals surface area (Å²) in [6.45, 7) is 6.47. The second kappa shape index (κ2) is 7.46. The summed E-state index contributed by atoms with van der Waals surface area (Å²) >= 11 is 1.62. The fraction of sp³-hybridized carbons (Fsp3) is 0.316. The van der Waals surface area contributed by atoms with Crippen LogP contribution >= 0.6 is 11.8 Å². The van der Waals surface area contributed by atoms with Crippen molar-refractivity contribution in [3.05, 3.63) is 65.2 Å². The Labute approximate surface area is 131 Å². The lowest BCUT2D eigenvalue weighted by Gasteiger charge is -2.08. The van der Waals surface area contributed by atoms with Gasteiger partial charge in [-0.15, -0.1) is 11.8 Å². The molecular formula is C19H22OS. The number of rotatable bonds is 6. The lowest BCUT2D eigenvalue weighted by Crippen LogP contribution is -2.04. The molecule has 110 valence electrons. The molecule has 0 spiro atoms. The van der Waals surface area contributed by atoms with E-state index in [1.807, 2.05) is 30.3 Å². The third-order valence-corrected chi connectivity index (χ3v) is 4.52. The first-order valence-electron chi connectivity index (χ1n) is 7.37.